The molecule has 0 saturated carbocycles. The first-order chi connectivity index (χ1) is 14.4. The summed E-state index contributed by atoms with van der Waals surface area (Å²) in [6.45, 7) is 6.56. The molecule has 2 heterocycles. The number of amides is 3. The third-order valence-electron chi connectivity index (χ3n) is 5.08. The number of carboxylic acid groups (broad SMARTS) is 1. The van der Waals surface area contributed by atoms with Crippen LogP contribution < -0.4 is 4.74 Å². The number of imide groups is 1. The molecule has 1 N–H and O–H groups in total. The minimum atomic E-state index is -1.01. The molecule has 0 aliphatic carbocycles. The maximum Gasteiger partial charge on any atom is 0.344 e. The van der Waals surface area contributed by atoms with Gasteiger partial charge < -0.3 is 9.84 Å². The average Bonchev–Trinajstić information content (AvgIpc) is 3.18. The van der Waals surface area contributed by atoms with Crippen LogP contribution in [0.25, 0.3) is 0 Å². The van der Waals surface area contributed by atoms with Crippen molar-refractivity contribution in [3.05, 3.63) is 41.6 Å². The molecule has 1 saturated heterocycles. The van der Waals surface area contributed by atoms with Crippen molar-refractivity contribution in [1.82, 2.24) is 9.80 Å². The summed E-state index contributed by atoms with van der Waals surface area (Å²) >= 11 is 0. The molecule has 8 nitrogen and oxygen atoms in total. The number of aliphatic carboxylic acids is 1. The van der Waals surface area contributed by atoms with Crippen LogP contribution in [0.3, 0.4) is 0 Å². The van der Waals surface area contributed by atoms with E-state index in [1.165, 1.54) is 4.90 Å². The maximum atomic E-state index is 12.9. The van der Waals surface area contributed by atoms with Crippen molar-refractivity contribution in [2.24, 2.45) is 4.99 Å². The molecule has 0 aromatic heterocycles. The van der Waals surface area contributed by atoms with Crippen molar-refractivity contribution in [2.75, 3.05) is 13.1 Å². The topological polar surface area (TPSA) is 99.5 Å². The lowest BCUT2D eigenvalue weighted by Gasteiger charge is -2.37. The molecule has 1 aromatic carbocycles. The summed E-state index contributed by atoms with van der Waals surface area (Å²) in [5, 5.41) is 9.13. The Hall–Kier alpha value is -3.16. The quantitative estimate of drug-likeness (QED) is 0.671. The van der Waals surface area contributed by atoms with Gasteiger partial charge in [0.15, 0.2) is 12.1 Å². The van der Waals surface area contributed by atoms with Gasteiger partial charge in [-0.1, -0.05) is 20.8 Å². The normalized spacial score (nSPS) is 19.4. The average molecular weight is 413 g/mol. The summed E-state index contributed by atoms with van der Waals surface area (Å²) in [6, 6.07) is 5.93. The highest BCUT2D eigenvalue weighted by molar-refractivity contribution is 6.15. The molecule has 3 amide bonds. The Morgan fingerprint density at radius 2 is 1.73 bits per heavy atom. The number of urea groups is 1. The largest absolute Gasteiger partial charge is 0.479 e. The number of benzene rings is 1. The van der Waals surface area contributed by atoms with E-state index in [0.717, 1.165) is 12.0 Å². The van der Waals surface area contributed by atoms with Gasteiger partial charge in [-0.2, -0.15) is 0 Å². The molecule has 0 radical (unpaired) electrons. The minimum Gasteiger partial charge on any atom is -0.479 e. The molecule has 160 valence electrons. The summed E-state index contributed by atoms with van der Waals surface area (Å²) in [5.41, 5.74) is 2.00. The van der Waals surface area contributed by atoms with Crippen molar-refractivity contribution in [2.45, 2.75) is 52.2 Å². The molecular weight excluding hydrogens is 386 g/mol. The number of carbonyl (C=O) groups excluding carboxylic acids is 2. The summed E-state index contributed by atoms with van der Waals surface area (Å²) < 4.78 is 5.49. The fourth-order valence-corrected chi connectivity index (χ4v) is 3.58. The highest BCUT2D eigenvalue weighted by Crippen LogP contribution is 2.30. The zero-order valence-electron chi connectivity index (χ0n) is 17.5. The van der Waals surface area contributed by atoms with E-state index in [-0.39, 0.29) is 11.9 Å². The zero-order valence-corrected chi connectivity index (χ0v) is 17.5. The smallest absolute Gasteiger partial charge is 0.344 e. The number of nitrogens with zero attached hydrogens (tertiary/aromatic N) is 3. The SMILES string of the molecule is CCCN1C(=O)C2N=C(c3ccc(OC(CC)C(=O)O)cc3)C=C2N(CCC)C1=O. The molecule has 1 fully saturated rings. The molecule has 2 aliphatic heterocycles. The van der Waals surface area contributed by atoms with Crippen LogP contribution in [-0.4, -0.2) is 63.8 Å². The predicted molar refractivity (Wildman–Crippen MR) is 112 cm³/mol. The van der Waals surface area contributed by atoms with Gasteiger partial charge >= 0.3 is 12.0 Å². The van der Waals surface area contributed by atoms with Gasteiger partial charge in [0.2, 0.25) is 0 Å². The highest BCUT2D eigenvalue weighted by atomic mass is 16.5. The van der Waals surface area contributed by atoms with E-state index in [0.29, 0.717) is 43.1 Å². The van der Waals surface area contributed by atoms with Crippen LogP contribution in [0.5, 0.6) is 5.75 Å². The highest BCUT2D eigenvalue weighted by Gasteiger charge is 2.44. The van der Waals surface area contributed by atoms with Crippen molar-refractivity contribution in [1.29, 1.82) is 0 Å². The Balaban J connectivity index is 1.86. The monoisotopic (exact) mass is 413 g/mol. The number of allylic oxidation sites excluding steroid dienone is 1. The van der Waals surface area contributed by atoms with Gasteiger partial charge in [-0.25, -0.2) is 9.59 Å². The lowest BCUT2D eigenvalue weighted by Crippen LogP contribution is -2.56. The van der Waals surface area contributed by atoms with Gasteiger partial charge in [0.25, 0.3) is 5.91 Å². The maximum absolute atomic E-state index is 12.9. The Morgan fingerprint density at radius 1 is 1.10 bits per heavy atom. The van der Waals surface area contributed by atoms with E-state index < -0.39 is 18.1 Å². The Morgan fingerprint density at radius 3 is 2.30 bits per heavy atom. The van der Waals surface area contributed by atoms with E-state index in [2.05, 4.69) is 4.99 Å². The molecule has 2 unspecified atom stereocenters. The van der Waals surface area contributed by atoms with Crippen molar-refractivity contribution < 1.29 is 24.2 Å². The van der Waals surface area contributed by atoms with E-state index in [1.807, 2.05) is 13.8 Å². The first kappa shape index (κ1) is 21.5. The second-order valence-corrected chi connectivity index (χ2v) is 7.29. The molecule has 8 heteroatoms. The van der Waals surface area contributed by atoms with Crippen molar-refractivity contribution in [3.63, 3.8) is 0 Å². The number of hydrogen-bond acceptors (Lipinski definition) is 5. The summed E-state index contributed by atoms with van der Waals surface area (Å²) in [7, 11) is 0. The van der Waals surface area contributed by atoms with Crippen LogP contribution >= 0.6 is 0 Å². The first-order valence-corrected chi connectivity index (χ1v) is 10.3. The number of rotatable bonds is 9. The van der Waals surface area contributed by atoms with Gasteiger partial charge in [-0.05, 0) is 49.6 Å². The minimum absolute atomic E-state index is 0.286. The lowest BCUT2D eigenvalue weighted by atomic mass is 10.1. The number of aliphatic imine (C=N–C) groups is 1. The van der Waals surface area contributed by atoms with Gasteiger partial charge in [0, 0.05) is 18.7 Å². The van der Waals surface area contributed by atoms with Gasteiger partial charge in [0.1, 0.15) is 5.75 Å². The van der Waals surface area contributed by atoms with Gasteiger partial charge in [-0.3, -0.25) is 19.6 Å². The molecule has 3 rings (SSSR count). The number of ether oxygens (including phenoxy) is 1. The summed E-state index contributed by atoms with van der Waals surface area (Å²) in [6.07, 6.45) is 2.71. The van der Waals surface area contributed by atoms with Crippen LogP contribution in [0.4, 0.5) is 4.79 Å². The van der Waals surface area contributed by atoms with Crippen LogP contribution in [0, 0.1) is 0 Å². The molecule has 1 aromatic rings. The number of hydrogen-bond donors (Lipinski definition) is 1. The fourth-order valence-electron chi connectivity index (χ4n) is 3.58. The number of carbonyl (C=O) groups is 3. The molecule has 30 heavy (non-hydrogen) atoms. The van der Waals surface area contributed by atoms with E-state index in [1.54, 1.807) is 42.2 Å². The summed E-state index contributed by atoms with van der Waals surface area (Å²) in [5.74, 6) is -0.848. The van der Waals surface area contributed by atoms with E-state index >= 15 is 0 Å². The van der Waals surface area contributed by atoms with Gasteiger partial charge in [0.05, 0.1) is 11.4 Å². The lowest BCUT2D eigenvalue weighted by molar-refractivity contribution is -0.145. The fraction of sp³-hybridized carbons (Fsp3) is 0.455. The second-order valence-electron chi connectivity index (χ2n) is 7.29. The predicted octanol–water partition coefficient (Wildman–Crippen LogP) is 3.07. The van der Waals surface area contributed by atoms with Crippen molar-refractivity contribution >= 4 is 23.6 Å². The van der Waals surface area contributed by atoms with Crippen LogP contribution in [0.1, 0.15) is 45.6 Å². The van der Waals surface area contributed by atoms with Crippen LogP contribution in [0.15, 0.2) is 41.0 Å². The van der Waals surface area contributed by atoms with Crippen LogP contribution in [-0.2, 0) is 9.59 Å². The molecule has 0 spiro atoms. The zero-order chi connectivity index (χ0) is 21.8. The number of fused-ring (bicyclic) bond motifs is 1. The van der Waals surface area contributed by atoms with E-state index in [4.69, 9.17) is 9.84 Å². The Kier molecular flexibility index (Phi) is 6.54. The molecule has 2 aliphatic rings. The third-order valence-corrected chi connectivity index (χ3v) is 5.08. The third kappa shape index (κ3) is 4.08. The second kappa shape index (κ2) is 9.11. The Bertz CT molecular complexity index is 891. The van der Waals surface area contributed by atoms with E-state index in [9.17, 15) is 14.4 Å². The Labute approximate surface area is 175 Å². The molecule has 2 atom stereocenters. The van der Waals surface area contributed by atoms with Gasteiger partial charge in [-0.15, -0.1) is 0 Å². The molecular formula is C22H27N3O5. The first-order valence-electron chi connectivity index (χ1n) is 10.3. The standard InChI is InChI=1S/C22H27N3O5/c1-4-11-24-17-13-16(23-19(17)20(26)25(12-5-2)22(24)29)14-7-9-15(10-8-14)30-18(6-3)21(27)28/h7-10,13,18-19H,4-6,11-12H2,1-3H3,(H,27,28). The summed E-state index contributed by atoms with van der Waals surface area (Å²) in [4.78, 5) is 44.4. The van der Waals surface area contributed by atoms with Crippen molar-refractivity contribution in [3.8, 4) is 5.75 Å². The molecule has 0 bridgehead atoms. The van der Waals surface area contributed by atoms with Crippen LogP contribution in [0.2, 0.25) is 0 Å². The number of carboxylic acids is 1.